The highest BCUT2D eigenvalue weighted by molar-refractivity contribution is 9.10. The Balaban J connectivity index is 2.46. The summed E-state index contributed by atoms with van der Waals surface area (Å²) < 4.78 is 32.8. The second-order valence-corrected chi connectivity index (χ2v) is 6.67. The van der Waals surface area contributed by atoms with Crippen LogP contribution in [0.1, 0.15) is 0 Å². The van der Waals surface area contributed by atoms with Crippen LogP contribution in [0.5, 0.6) is 5.75 Å². The van der Waals surface area contributed by atoms with Crippen LogP contribution in [0, 0.1) is 0 Å². The molecule has 20 heavy (non-hydrogen) atoms. The lowest BCUT2D eigenvalue weighted by atomic mass is 10.3. The molecule has 0 bridgehead atoms. The molecule has 0 spiro atoms. The molecule has 1 aromatic heterocycles. The van der Waals surface area contributed by atoms with Gasteiger partial charge in [0.1, 0.15) is 10.6 Å². The highest BCUT2D eigenvalue weighted by Gasteiger charge is 2.21. The molecule has 2 aromatic rings. The number of pyridine rings is 1. The Bertz CT molecular complexity index is 737. The van der Waals surface area contributed by atoms with Gasteiger partial charge in [0.2, 0.25) is 0 Å². The summed E-state index contributed by atoms with van der Waals surface area (Å²) in [6.45, 7) is 0. The zero-order valence-electron chi connectivity index (χ0n) is 10.3. The van der Waals surface area contributed by atoms with Gasteiger partial charge in [0, 0.05) is 10.7 Å². The number of methoxy groups -OCH3 is 1. The van der Waals surface area contributed by atoms with Crippen LogP contribution in [0.15, 0.2) is 45.9 Å². The van der Waals surface area contributed by atoms with Gasteiger partial charge < -0.3 is 4.74 Å². The Labute approximate surface area is 130 Å². The molecule has 0 radical (unpaired) electrons. The van der Waals surface area contributed by atoms with Gasteiger partial charge in [0.05, 0.1) is 12.8 Å². The zero-order chi connectivity index (χ0) is 14.8. The first-order valence-electron chi connectivity index (χ1n) is 5.41. The number of aromatic nitrogens is 1. The summed E-state index contributed by atoms with van der Waals surface area (Å²) in [6.07, 6.45) is 1.47. The minimum absolute atomic E-state index is 0.00861. The molecular weight excluding hydrogens is 368 g/mol. The molecule has 0 unspecified atom stereocenters. The van der Waals surface area contributed by atoms with Gasteiger partial charge in [-0.25, -0.2) is 13.4 Å². The molecule has 1 heterocycles. The van der Waals surface area contributed by atoms with Crippen molar-refractivity contribution in [2.75, 3.05) is 11.8 Å². The second-order valence-electron chi connectivity index (χ2n) is 3.74. The number of rotatable bonds is 4. The van der Waals surface area contributed by atoms with Crippen molar-refractivity contribution in [3.8, 4) is 5.75 Å². The van der Waals surface area contributed by atoms with E-state index in [1.807, 2.05) is 0 Å². The Kier molecular flexibility index (Phi) is 4.52. The van der Waals surface area contributed by atoms with Crippen LogP contribution in [-0.4, -0.2) is 20.5 Å². The molecule has 0 fully saturated rings. The lowest BCUT2D eigenvalue weighted by molar-refractivity contribution is 0.403. The zero-order valence-corrected chi connectivity index (χ0v) is 13.5. The van der Waals surface area contributed by atoms with E-state index in [9.17, 15) is 8.42 Å². The fraction of sp³-hybridized carbons (Fsp3) is 0.0833. The summed E-state index contributed by atoms with van der Waals surface area (Å²) in [5, 5.41) is 0.0741. The van der Waals surface area contributed by atoms with Gasteiger partial charge in [-0.05, 0) is 30.3 Å². The van der Waals surface area contributed by atoms with Gasteiger partial charge in [-0.15, -0.1) is 0 Å². The van der Waals surface area contributed by atoms with E-state index in [4.69, 9.17) is 16.3 Å². The number of anilines is 1. The first-order valence-corrected chi connectivity index (χ1v) is 8.06. The number of hydrogen-bond donors (Lipinski definition) is 1. The molecule has 0 aliphatic heterocycles. The second kappa shape index (κ2) is 5.99. The molecule has 0 aliphatic rings. The van der Waals surface area contributed by atoms with E-state index in [1.54, 1.807) is 18.2 Å². The molecule has 5 nitrogen and oxygen atoms in total. The average Bonchev–Trinajstić information content (AvgIpc) is 2.41. The van der Waals surface area contributed by atoms with Gasteiger partial charge in [0.15, 0.2) is 5.15 Å². The van der Waals surface area contributed by atoms with E-state index in [-0.39, 0.29) is 21.5 Å². The van der Waals surface area contributed by atoms with Crippen molar-refractivity contribution < 1.29 is 13.2 Å². The highest BCUT2D eigenvalue weighted by Crippen LogP contribution is 2.30. The van der Waals surface area contributed by atoms with E-state index in [0.29, 0.717) is 4.47 Å². The average molecular weight is 378 g/mol. The van der Waals surface area contributed by atoms with E-state index >= 15 is 0 Å². The van der Waals surface area contributed by atoms with Crippen LogP contribution in [0.3, 0.4) is 0 Å². The van der Waals surface area contributed by atoms with E-state index < -0.39 is 10.0 Å². The minimum atomic E-state index is -3.83. The number of halogens is 2. The van der Waals surface area contributed by atoms with Crippen LogP contribution < -0.4 is 9.46 Å². The first kappa shape index (κ1) is 15.1. The lowest BCUT2D eigenvalue weighted by Crippen LogP contribution is -2.14. The van der Waals surface area contributed by atoms with Crippen molar-refractivity contribution in [1.82, 2.24) is 4.98 Å². The predicted molar refractivity (Wildman–Crippen MR) is 80.7 cm³/mol. The molecule has 0 atom stereocenters. The van der Waals surface area contributed by atoms with Crippen molar-refractivity contribution in [2.45, 2.75) is 4.90 Å². The number of hydrogen-bond acceptors (Lipinski definition) is 4. The summed E-state index contributed by atoms with van der Waals surface area (Å²) in [4.78, 5) is 3.82. The van der Waals surface area contributed by atoms with Crippen LogP contribution in [-0.2, 0) is 10.0 Å². The smallest absolute Gasteiger partial charge is 0.265 e. The normalized spacial score (nSPS) is 11.2. The fourth-order valence-electron chi connectivity index (χ4n) is 1.52. The van der Waals surface area contributed by atoms with Gasteiger partial charge in [0.25, 0.3) is 10.0 Å². The molecule has 106 valence electrons. The lowest BCUT2D eigenvalue weighted by Gasteiger charge is -2.12. The van der Waals surface area contributed by atoms with Crippen LogP contribution >= 0.6 is 27.5 Å². The third-order valence-electron chi connectivity index (χ3n) is 2.42. The maximum absolute atomic E-state index is 12.4. The van der Waals surface area contributed by atoms with Crippen molar-refractivity contribution >= 4 is 43.2 Å². The molecule has 1 N–H and O–H groups in total. The van der Waals surface area contributed by atoms with E-state index in [1.165, 1.54) is 25.4 Å². The highest BCUT2D eigenvalue weighted by atomic mass is 79.9. The topological polar surface area (TPSA) is 68.3 Å². The summed E-state index contributed by atoms with van der Waals surface area (Å²) in [6, 6.07) is 7.81. The van der Waals surface area contributed by atoms with Gasteiger partial charge in [-0.1, -0.05) is 27.5 Å². The molecule has 2 rings (SSSR count). The number of ether oxygens (including phenoxy) is 1. The third kappa shape index (κ3) is 3.23. The van der Waals surface area contributed by atoms with Crippen LogP contribution in [0.25, 0.3) is 0 Å². The molecule has 1 aromatic carbocycles. The van der Waals surface area contributed by atoms with Crippen molar-refractivity contribution in [3.63, 3.8) is 0 Å². The Morgan fingerprint density at radius 1 is 1.35 bits per heavy atom. The summed E-state index contributed by atoms with van der Waals surface area (Å²) in [5.41, 5.74) is 0.205. The molecule has 8 heteroatoms. The molecule has 0 saturated heterocycles. The van der Waals surface area contributed by atoms with Crippen molar-refractivity contribution in [1.29, 1.82) is 0 Å². The maximum atomic E-state index is 12.4. The van der Waals surface area contributed by atoms with E-state index in [2.05, 4.69) is 25.6 Å². The molecule has 0 amide bonds. The fourth-order valence-corrected chi connectivity index (χ4v) is 3.52. The van der Waals surface area contributed by atoms with Crippen LogP contribution in [0.4, 0.5) is 5.69 Å². The van der Waals surface area contributed by atoms with Crippen LogP contribution in [0.2, 0.25) is 5.15 Å². The molecule has 0 aliphatic carbocycles. The predicted octanol–water partition coefficient (Wildman–Crippen LogP) is 3.31. The quantitative estimate of drug-likeness (QED) is 0.830. The number of nitrogens with zero attached hydrogens (tertiary/aromatic N) is 1. The third-order valence-corrected chi connectivity index (χ3v) is 4.60. The summed E-state index contributed by atoms with van der Waals surface area (Å²) in [5.74, 6) is 0.237. The Hall–Kier alpha value is -1.31. The summed E-state index contributed by atoms with van der Waals surface area (Å²) in [7, 11) is -2.43. The Morgan fingerprint density at radius 3 is 2.75 bits per heavy atom. The monoisotopic (exact) mass is 376 g/mol. The largest absolute Gasteiger partial charge is 0.495 e. The van der Waals surface area contributed by atoms with Gasteiger partial charge in [-0.3, -0.25) is 4.72 Å². The minimum Gasteiger partial charge on any atom is -0.495 e. The van der Waals surface area contributed by atoms with E-state index in [0.717, 1.165) is 0 Å². The number of nitrogens with one attached hydrogen (secondary N) is 1. The maximum Gasteiger partial charge on any atom is 0.265 e. The molecule has 0 saturated carbocycles. The Morgan fingerprint density at radius 2 is 2.10 bits per heavy atom. The van der Waals surface area contributed by atoms with Gasteiger partial charge in [-0.2, -0.15) is 0 Å². The first-order chi connectivity index (χ1) is 9.44. The number of sulfonamides is 1. The standard InChI is InChI=1S/C12H10BrClN2O3S/c1-19-10-5-4-8(13)7-11(10)20(17,18)16-9-3-2-6-15-12(9)14/h2-7,16H,1H3. The SMILES string of the molecule is COc1ccc(Br)cc1S(=O)(=O)Nc1cccnc1Cl. The van der Waals surface area contributed by atoms with Crippen molar-refractivity contribution in [3.05, 3.63) is 46.2 Å². The number of benzene rings is 1. The molecular formula is C12H10BrClN2O3S. The summed E-state index contributed by atoms with van der Waals surface area (Å²) >= 11 is 9.08. The van der Waals surface area contributed by atoms with Crippen molar-refractivity contribution in [2.24, 2.45) is 0 Å². The van der Waals surface area contributed by atoms with Gasteiger partial charge >= 0.3 is 0 Å².